The summed E-state index contributed by atoms with van der Waals surface area (Å²) in [4.78, 5) is 0. The highest BCUT2D eigenvalue weighted by Gasteiger charge is 2.34. The van der Waals surface area contributed by atoms with Crippen molar-refractivity contribution in [2.75, 3.05) is 7.05 Å². The molecule has 0 heterocycles. The molecule has 0 saturated heterocycles. The Hall–Kier alpha value is -1.88. The zero-order valence-electron chi connectivity index (χ0n) is 11.4. The lowest BCUT2D eigenvalue weighted by atomic mass is 9.94. The average Bonchev–Trinajstić information content (AvgIpc) is 2.45. The van der Waals surface area contributed by atoms with E-state index in [1.165, 1.54) is 18.2 Å². The van der Waals surface area contributed by atoms with Gasteiger partial charge in [0.05, 0.1) is 5.56 Å². The van der Waals surface area contributed by atoms with Crippen LogP contribution in [-0.4, -0.2) is 7.05 Å². The van der Waals surface area contributed by atoms with Gasteiger partial charge in [-0.05, 0) is 36.7 Å². The Morgan fingerprint density at radius 2 is 1.62 bits per heavy atom. The standard InChI is InChI=1S/C16H15F4N/c1-21-15(10-11-6-2-5-9-14(11)17)12-7-3-4-8-13(12)16(18,19)20/h2-9,15,21H,10H2,1H3. The van der Waals surface area contributed by atoms with E-state index in [0.717, 1.165) is 6.07 Å². The van der Waals surface area contributed by atoms with Crippen LogP contribution in [0.4, 0.5) is 17.6 Å². The minimum Gasteiger partial charge on any atom is -0.313 e. The maximum atomic E-state index is 13.7. The van der Waals surface area contributed by atoms with Gasteiger partial charge < -0.3 is 5.32 Å². The molecule has 2 aromatic carbocycles. The largest absolute Gasteiger partial charge is 0.416 e. The summed E-state index contributed by atoms with van der Waals surface area (Å²) in [6.45, 7) is 0. The van der Waals surface area contributed by atoms with Crippen molar-refractivity contribution in [3.63, 3.8) is 0 Å². The predicted octanol–water partition coefficient (Wildman–Crippen LogP) is 4.35. The summed E-state index contributed by atoms with van der Waals surface area (Å²) < 4.78 is 52.9. The van der Waals surface area contributed by atoms with E-state index < -0.39 is 23.6 Å². The second-order valence-corrected chi connectivity index (χ2v) is 4.72. The van der Waals surface area contributed by atoms with Gasteiger partial charge in [-0.2, -0.15) is 13.2 Å². The van der Waals surface area contributed by atoms with Crippen molar-refractivity contribution in [2.45, 2.75) is 18.6 Å². The van der Waals surface area contributed by atoms with Crippen molar-refractivity contribution in [3.05, 3.63) is 71.0 Å². The maximum absolute atomic E-state index is 13.7. The molecule has 0 bridgehead atoms. The van der Waals surface area contributed by atoms with Gasteiger partial charge in [0.2, 0.25) is 0 Å². The van der Waals surface area contributed by atoms with Crippen LogP contribution in [0.2, 0.25) is 0 Å². The summed E-state index contributed by atoms with van der Waals surface area (Å²) >= 11 is 0. The van der Waals surface area contributed by atoms with Crippen molar-refractivity contribution in [1.82, 2.24) is 5.32 Å². The number of likely N-dealkylation sites (N-methyl/N-ethyl adjacent to an activating group) is 1. The molecule has 2 aromatic rings. The average molecular weight is 297 g/mol. The monoisotopic (exact) mass is 297 g/mol. The van der Waals surface area contributed by atoms with Gasteiger partial charge in [0.15, 0.2) is 0 Å². The molecule has 0 aromatic heterocycles. The Labute approximate surface area is 120 Å². The molecule has 0 radical (unpaired) electrons. The number of rotatable bonds is 4. The summed E-state index contributed by atoms with van der Waals surface area (Å²) in [7, 11) is 1.57. The summed E-state index contributed by atoms with van der Waals surface area (Å²) in [6, 6.07) is 10.9. The molecule has 0 spiro atoms. The van der Waals surface area contributed by atoms with Gasteiger partial charge in [-0.15, -0.1) is 0 Å². The molecular weight excluding hydrogens is 282 g/mol. The summed E-state index contributed by atoms with van der Waals surface area (Å²) in [5, 5.41) is 2.84. The number of benzene rings is 2. The van der Waals surface area contributed by atoms with E-state index in [0.29, 0.717) is 5.56 Å². The summed E-state index contributed by atoms with van der Waals surface area (Å²) in [6.07, 6.45) is -4.28. The molecule has 112 valence electrons. The van der Waals surface area contributed by atoms with Gasteiger partial charge in [-0.25, -0.2) is 4.39 Å². The van der Waals surface area contributed by atoms with Crippen LogP contribution in [0.1, 0.15) is 22.7 Å². The molecule has 1 N–H and O–H groups in total. The molecule has 0 aliphatic heterocycles. The van der Waals surface area contributed by atoms with Crippen molar-refractivity contribution < 1.29 is 17.6 Å². The molecule has 21 heavy (non-hydrogen) atoms. The highest BCUT2D eigenvalue weighted by atomic mass is 19.4. The maximum Gasteiger partial charge on any atom is 0.416 e. The van der Waals surface area contributed by atoms with Crippen molar-refractivity contribution in [3.8, 4) is 0 Å². The van der Waals surface area contributed by atoms with Crippen LogP contribution in [-0.2, 0) is 12.6 Å². The van der Waals surface area contributed by atoms with Crippen molar-refractivity contribution >= 4 is 0 Å². The molecule has 5 heteroatoms. The lowest BCUT2D eigenvalue weighted by Gasteiger charge is -2.21. The van der Waals surface area contributed by atoms with Crippen LogP contribution in [0.3, 0.4) is 0 Å². The van der Waals surface area contributed by atoms with E-state index in [1.54, 1.807) is 31.3 Å². The zero-order chi connectivity index (χ0) is 15.5. The first kappa shape index (κ1) is 15.5. The first-order valence-electron chi connectivity index (χ1n) is 6.50. The van der Waals surface area contributed by atoms with E-state index in [9.17, 15) is 17.6 Å². The van der Waals surface area contributed by atoms with Gasteiger partial charge >= 0.3 is 6.18 Å². The van der Waals surface area contributed by atoms with Gasteiger partial charge in [-0.1, -0.05) is 36.4 Å². The quantitative estimate of drug-likeness (QED) is 0.827. The van der Waals surface area contributed by atoms with E-state index in [1.807, 2.05) is 0 Å². The van der Waals surface area contributed by atoms with E-state index in [4.69, 9.17) is 0 Å². The third-order valence-corrected chi connectivity index (χ3v) is 3.37. The van der Waals surface area contributed by atoms with Crippen LogP contribution in [0.25, 0.3) is 0 Å². The molecule has 0 aliphatic carbocycles. The fourth-order valence-corrected chi connectivity index (χ4v) is 2.31. The lowest BCUT2D eigenvalue weighted by molar-refractivity contribution is -0.138. The molecule has 0 fully saturated rings. The molecular formula is C16H15F4N. The van der Waals surface area contributed by atoms with Crippen LogP contribution in [0, 0.1) is 5.82 Å². The van der Waals surface area contributed by atoms with Gasteiger partial charge in [0.25, 0.3) is 0 Å². The van der Waals surface area contributed by atoms with Crippen LogP contribution in [0.5, 0.6) is 0 Å². The fraction of sp³-hybridized carbons (Fsp3) is 0.250. The third kappa shape index (κ3) is 3.61. The van der Waals surface area contributed by atoms with Crippen molar-refractivity contribution in [2.24, 2.45) is 0 Å². The Bertz CT molecular complexity index is 607. The highest BCUT2D eigenvalue weighted by molar-refractivity contribution is 5.34. The lowest BCUT2D eigenvalue weighted by Crippen LogP contribution is -2.23. The van der Waals surface area contributed by atoms with Gasteiger partial charge in [0, 0.05) is 6.04 Å². The topological polar surface area (TPSA) is 12.0 Å². The Morgan fingerprint density at radius 3 is 2.24 bits per heavy atom. The highest BCUT2D eigenvalue weighted by Crippen LogP contribution is 2.35. The zero-order valence-corrected chi connectivity index (χ0v) is 11.4. The Morgan fingerprint density at radius 1 is 1.00 bits per heavy atom. The number of hydrogen-bond donors (Lipinski definition) is 1. The third-order valence-electron chi connectivity index (χ3n) is 3.37. The summed E-state index contributed by atoms with van der Waals surface area (Å²) in [5.41, 5.74) is -0.190. The normalized spacial score (nSPS) is 13.2. The SMILES string of the molecule is CNC(Cc1ccccc1F)c1ccccc1C(F)(F)F. The minimum absolute atomic E-state index is 0.121. The van der Waals surface area contributed by atoms with Crippen LogP contribution in [0.15, 0.2) is 48.5 Å². The molecule has 2 rings (SSSR count). The predicted molar refractivity (Wildman–Crippen MR) is 73.3 cm³/mol. The number of nitrogens with one attached hydrogen (secondary N) is 1. The first-order chi connectivity index (χ1) is 9.93. The number of hydrogen-bond acceptors (Lipinski definition) is 1. The Balaban J connectivity index is 2.37. The molecule has 0 aliphatic rings. The summed E-state index contributed by atoms with van der Waals surface area (Å²) in [5.74, 6) is -0.415. The van der Waals surface area contributed by atoms with Gasteiger partial charge in [-0.3, -0.25) is 0 Å². The number of halogens is 4. The second-order valence-electron chi connectivity index (χ2n) is 4.72. The van der Waals surface area contributed by atoms with Gasteiger partial charge in [0.1, 0.15) is 5.82 Å². The molecule has 1 nitrogen and oxygen atoms in total. The first-order valence-corrected chi connectivity index (χ1v) is 6.50. The second kappa shape index (κ2) is 6.26. The minimum atomic E-state index is -4.43. The number of alkyl halides is 3. The van der Waals surface area contributed by atoms with E-state index >= 15 is 0 Å². The molecule has 0 saturated carbocycles. The molecule has 1 atom stereocenters. The van der Waals surface area contributed by atoms with Crippen LogP contribution >= 0.6 is 0 Å². The van der Waals surface area contributed by atoms with Crippen molar-refractivity contribution in [1.29, 1.82) is 0 Å². The molecule has 0 amide bonds. The smallest absolute Gasteiger partial charge is 0.313 e. The van der Waals surface area contributed by atoms with E-state index in [2.05, 4.69) is 5.32 Å². The molecule has 1 unspecified atom stereocenters. The fourth-order valence-electron chi connectivity index (χ4n) is 2.31. The van der Waals surface area contributed by atoms with E-state index in [-0.39, 0.29) is 12.0 Å². The van der Waals surface area contributed by atoms with Crippen LogP contribution < -0.4 is 5.32 Å². The Kier molecular flexibility index (Phi) is 4.63.